The van der Waals surface area contributed by atoms with Gasteiger partial charge in [0.2, 0.25) is 0 Å². The minimum Gasteiger partial charge on any atom is -0.476 e. The van der Waals surface area contributed by atoms with Gasteiger partial charge in [-0.25, -0.2) is 9.59 Å². The minimum atomic E-state index is -1.27. The monoisotopic (exact) mass is 472 g/mol. The molecule has 0 aliphatic heterocycles. The molecule has 0 unspecified atom stereocenters. The van der Waals surface area contributed by atoms with Crippen molar-refractivity contribution < 1.29 is 24.2 Å². The van der Waals surface area contributed by atoms with Crippen LogP contribution >= 0.6 is 0 Å². The molecule has 0 fully saturated rings. The number of rotatable bonds is 6. The second kappa shape index (κ2) is 8.78. The van der Waals surface area contributed by atoms with Crippen LogP contribution in [0.25, 0.3) is 11.1 Å². The molecular formula is C24H20N6O5. The zero-order valence-corrected chi connectivity index (χ0v) is 18.5. The van der Waals surface area contributed by atoms with Gasteiger partial charge in [-0.15, -0.1) is 0 Å². The molecule has 4 aromatic rings. The van der Waals surface area contributed by atoms with E-state index < -0.39 is 18.0 Å². The van der Waals surface area contributed by atoms with Gasteiger partial charge in [0, 0.05) is 25.2 Å². The van der Waals surface area contributed by atoms with Crippen molar-refractivity contribution in [1.29, 1.82) is 0 Å². The van der Waals surface area contributed by atoms with E-state index in [1.54, 1.807) is 0 Å². The first-order chi connectivity index (χ1) is 16.9. The standard InChI is InChI=1S/C24H20N6O5/c1-30-11-19(21(29-30)23(32)33)25-22(31)18-10-20(28-27-18)26-24(34)35-12-17-15-8-4-2-6-13(15)14-7-3-5-9-16(14)17/h2-11,17H,12H2,1H3,(H,25,31)(H,32,33)(H2,26,27,28,34). The maximum absolute atomic E-state index is 12.5. The second-order valence-electron chi connectivity index (χ2n) is 7.94. The highest BCUT2D eigenvalue weighted by molar-refractivity contribution is 6.06. The fourth-order valence-electron chi connectivity index (χ4n) is 4.17. The number of hydrogen-bond acceptors (Lipinski definition) is 6. The van der Waals surface area contributed by atoms with Crippen molar-refractivity contribution in [3.05, 3.63) is 83.3 Å². The summed E-state index contributed by atoms with van der Waals surface area (Å²) >= 11 is 0. The molecule has 0 atom stereocenters. The Morgan fingerprint density at radius 1 is 1.06 bits per heavy atom. The van der Waals surface area contributed by atoms with E-state index in [1.807, 2.05) is 36.4 Å². The number of aromatic amines is 1. The van der Waals surface area contributed by atoms with Crippen LogP contribution in [0.1, 0.15) is 38.0 Å². The van der Waals surface area contributed by atoms with Gasteiger partial charge < -0.3 is 15.2 Å². The number of carbonyl (C=O) groups is 3. The summed E-state index contributed by atoms with van der Waals surface area (Å²) in [5.41, 5.74) is 4.19. The molecule has 11 nitrogen and oxygen atoms in total. The van der Waals surface area contributed by atoms with Gasteiger partial charge in [0.1, 0.15) is 12.3 Å². The van der Waals surface area contributed by atoms with E-state index in [0.717, 1.165) is 22.3 Å². The summed E-state index contributed by atoms with van der Waals surface area (Å²) in [6.45, 7) is 0.136. The van der Waals surface area contributed by atoms with Crippen LogP contribution in [-0.4, -0.2) is 49.7 Å². The molecule has 2 aromatic carbocycles. The van der Waals surface area contributed by atoms with Crippen molar-refractivity contribution in [2.45, 2.75) is 5.92 Å². The Hall–Kier alpha value is -4.93. The third kappa shape index (κ3) is 4.22. The van der Waals surface area contributed by atoms with Crippen molar-refractivity contribution in [3.63, 3.8) is 0 Å². The molecule has 1 aliphatic carbocycles. The second-order valence-corrected chi connectivity index (χ2v) is 7.94. The number of aryl methyl sites for hydroxylation is 1. The Kier molecular flexibility index (Phi) is 5.49. The maximum atomic E-state index is 12.5. The minimum absolute atomic E-state index is 0.0131. The Morgan fingerprint density at radius 3 is 2.37 bits per heavy atom. The van der Waals surface area contributed by atoms with Crippen LogP contribution in [0, 0.1) is 0 Å². The lowest BCUT2D eigenvalue weighted by Crippen LogP contribution is -2.18. The van der Waals surface area contributed by atoms with Gasteiger partial charge in [0.25, 0.3) is 5.91 Å². The summed E-state index contributed by atoms with van der Waals surface area (Å²) in [5, 5.41) is 24.3. The van der Waals surface area contributed by atoms with Crippen LogP contribution in [0.5, 0.6) is 0 Å². The summed E-state index contributed by atoms with van der Waals surface area (Å²) in [5.74, 6) is -1.93. The van der Waals surface area contributed by atoms with E-state index in [-0.39, 0.29) is 35.4 Å². The highest BCUT2D eigenvalue weighted by atomic mass is 16.5. The number of aromatic nitrogens is 4. The number of amides is 2. The van der Waals surface area contributed by atoms with Gasteiger partial charge in [-0.05, 0) is 22.3 Å². The predicted molar refractivity (Wildman–Crippen MR) is 125 cm³/mol. The first-order valence-electron chi connectivity index (χ1n) is 10.7. The van der Waals surface area contributed by atoms with Gasteiger partial charge in [0.05, 0.1) is 5.69 Å². The van der Waals surface area contributed by atoms with Crippen molar-refractivity contribution in [3.8, 4) is 11.1 Å². The molecule has 0 bridgehead atoms. The quantitative estimate of drug-likeness (QED) is 0.335. The Labute approximate surface area is 198 Å². The molecule has 2 heterocycles. The van der Waals surface area contributed by atoms with Crippen LogP contribution in [0.4, 0.5) is 16.3 Å². The largest absolute Gasteiger partial charge is 0.476 e. The molecule has 176 valence electrons. The lowest BCUT2D eigenvalue weighted by Gasteiger charge is -2.14. The number of hydrogen-bond donors (Lipinski definition) is 4. The zero-order chi connectivity index (χ0) is 24.5. The Balaban J connectivity index is 1.22. The topological polar surface area (TPSA) is 151 Å². The van der Waals surface area contributed by atoms with Gasteiger partial charge >= 0.3 is 12.1 Å². The first kappa shape index (κ1) is 21.9. The smallest absolute Gasteiger partial charge is 0.412 e. The maximum Gasteiger partial charge on any atom is 0.412 e. The molecule has 0 radical (unpaired) electrons. The average molecular weight is 472 g/mol. The summed E-state index contributed by atoms with van der Waals surface area (Å²) in [7, 11) is 1.54. The normalized spacial score (nSPS) is 12.0. The van der Waals surface area contributed by atoms with E-state index in [2.05, 4.69) is 38.1 Å². The molecule has 11 heteroatoms. The molecule has 2 aromatic heterocycles. The number of nitrogens with zero attached hydrogens (tertiary/aromatic N) is 3. The molecule has 0 spiro atoms. The molecule has 0 saturated carbocycles. The van der Waals surface area contributed by atoms with Crippen molar-refractivity contribution >= 4 is 29.5 Å². The van der Waals surface area contributed by atoms with Crippen LogP contribution in [0.2, 0.25) is 0 Å². The Bertz CT molecular complexity index is 1410. The molecule has 5 rings (SSSR count). The fraction of sp³-hybridized carbons (Fsp3) is 0.125. The number of anilines is 2. The van der Waals surface area contributed by atoms with Gasteiger partial charge in [-0.1, -0.05) is 48.5 Å². The summed E-state index contributed by atoms with van der Waals surface area (Å²) in [4.78, 5) is 36.2. The lowest BCUT2D eigenvalue weighted by molar-refractivity contribution is 0.0690. The number of carboxylic acids is 1. The third-order valence-electron chi connectivity index (χ3n) is 5.68. The van der Waals surface area contributed by atoms with Gasteiger partial charge in [-0.2, -0.15) is 10.2 Å². The number of carbonyl (C=O) groups excluding carboxylic acids is 2. The summed E-state index contributed by atoms with van der Waals surface area (Å²) < 4.78 is 6.75. The van der Waals surface area contributed by atoms with Crippen LogP contribution in [0.15, 0.2) is 60.8 Å². The van der Waals surface area contributed by atoms with Crippen LogP contribution < -0.4 is 10.6 Å². The predicted octanol–water partition coefficient (Wildman–Crippen LogP) is 3.45. The number of carboxylic acid groups (broad SMARTS) is 1. The van der Waals surface area contributed by atoms with Crippen LogP contribution in [0.3, 0.4) is 0 Å². The van der Waals surface area contributed by atoms with E-state index in [9.17, 15) is 19.5 Å². The highest BCUT2D eigenvalue weighted by Crippen LogP contribution is 2.44. The molecular weight excluding hydrogens is 452 g/mol. The molecule has 0 saturated heterocycles. The van der Waals surface area contributed by atoms with E-state index in [1.165, 1.54) is 24.0 Å². The third-order valence-corrected chi connectivity index (χ3v) is 5.68. The molecule has 35 heavy (non-hydrogen) atoms. The SMILES string of the molecule is Cn1cc(NC(=O)c2cc(NC(=O)OCC3c4ccccc4-c4ccccc43)n[nH]2)c(C(=O)O)n1. The number of fused-ring (bicyclic) bond motifs is 3. The molecule has 1 aliphatic rings. The number of nitrogens with one attached hydrogen (secondary N) is 3. The van der Waals surface area contributed by atoms with Crippen molar-refractivity contribution in [2.24, 2.45) is 7.05 Å². The lowest BCUT2D eigenvalue weighted by atomic mass is 9.98. The molecule has 4 N–H and O–H groups in total. The van der Waals surface area contributed by atoms with Crippen molar-refractivity contribution in [2.75, 3.05) is 17.2 Å². The van der Waals surface area contributed by atoms with E-state index in [0.29, 0.717) is 0 Å². The van der Waals surface area contributed by atoms with Crippen molar-refractivity contribution in [1.82, 2.24) is 20.0 Å². The van der Waals surface area contributed by atoms with E-state index >= 15 is 0 Å². The zero-order valence-electron chi connectivity index (χ0n) is 18.5. The average Bonchev–Trinajstić information content (AvgIpc) is 3.54. The Morgan fingerprint density at radius 2 is 1.71 bits per heavy atom. The summed E-state index contributed by atoms with van der Waals surface area (Å²) in [6, 6.07) is 17.3. The fourth-order valence-corrected chi connectivity index (χ4v) is 4.17. The number of H-pyrrole nitrogens is 1. The highest BCUT2D eigenvalue weighted by Gasteiger charge is 2.29. The van der Waals surface area contributed by atoms with Gasteiger partial charge in [-0.3, -0.25) is 19.9 Å². The van der Waals surface area contributed by atoms with Gasteiger partial charge in [0.15, 0.2) is 11.5 Å². The summed E-state index contributed by atoms with van der Waals surface area (Å²) in [6.07, 6.45) is 0.652. The van der Waals surface area contributed by atoms with E-state index in [4.69, 9.17) is 4.74 Å². The number of aromatic carboxylic acids is 1. The molecule has 2 amide bonds. The van der Waals surface area contributed by atoms with Crippen LogP contribution in [-0.2, 0) is 11.8 Å². The number of benzene rings is 2. The first-order valence-corrected chi connectivity index (χ1v) is 10.7. The number of ether oxygens (including phenoxy) is 1.